The highest BCUT2D eigenvalue weighted by molar-refractivity contribution is 6.02. The van der Waals surface area contributed by atoms with Crippen molar-refractivity contribution >= 4 is 23.2 Å². The van der Waals surface area contributed by atoms with E-state index in [0.717, 1.165) is 16.8 Å². The summed E-state index contributed by atoms with van der Waals surface area (Å²) in [7, 11) is 3.91. The third kappa shape index (κ3) is 4.89. The van der Waals surface area contributed by atoms with Gasteiger partial charge in [-0.3, -0.25) is 9.59 Å². The number of amides is 2. The van der Waals surface area contributed by atoms with Gasteiger partial charge < -0.3 is 19.5 Å². The van der Waals surface area contributed by atoms with Crippen LogP contribution in [-0.4, -0.2) is 30.8 Å². The molecule has 1 atom stereocenters. The Labute approximate surface area is 177 Å². The molecule has 2 aromatic carbocycles. The van der Waals surface area contributed by atoms with Crippen LogP contribution in [-0.2, 0) is 11.3 Å². The zero-order chi connectivity index (χ0) is 21.7. The lowest BCUT2D eigenvalue weighted by Gasteiger charge is -2.30. The lowest BCUT2D eigenvalue weighted by molar-refractivity contribution is -0.131. The molecule has 0 aliphatic rings. The highest BCUT2D eigenvalue weighted by Crippen LogP contribution is 2.29. The topological polar surface area (TPSA) is 65.8 Å². The molecule has 0 saturated heterocycles. The zero-order valence-electron chi connectivity index (χ0n) is 17.8. The Balaban J connectivity index is 1.89. The number of nitrogens with one attached hydrogen (secondary N) is 1. The maximum atomic E-state index is 12.5. The van der Waals surface area contributed by atoms with Crippen molar-refractivity contribution in [1.82, 2.24) is 4.90 Å². The molecule has 0 saturated carbocycles. The first-order valence-electron chi connectivity index (χ1n) is 9.84. The molecular weight excluding hydrogens is 378 g/mol. The Bertz CT molecular complexity index is 998. The number of carbonyl (C=O) groups is 2. The molecule has 0 aliphatic carbocycles. The number of hydrogen-bond acceptors (Lipinski definition) is 4. The molecule has 156 valence electrons. The van der Waals surface area contributed by atoms with Gasteiger partial charge >= 0.3 is 0 Å². The fourth-order valence-electron chi connectivity index (χ4n) is 3.44. The van der Waals surface area contributed by atoms with E-state index >= 15 is 0 Å². The van der Waals surface area contributed by atoms with Gasteiger partial charge in [0.25, 0.3) is 5.91 Å². The van der Waals surface area contributed by atoms with Crippen LogP contribution in [0.3, 0.4) is 0 Å². The first-order chi connectivity index (χ1) is 14.4. The van der Waals surface area contributed by atoms with E-state index in [-0.39, 0.29) is 23.6 Å². The summed E-state index contributed by atoms with van der Waals surface area (Å²) in [5.74, 6) is -0.0815. The van der Waals surface area contributed by atoms with Crippen LogP contribution in [0, 0.1) is 0 Å². The Morgan fingerprint density at radius 3 is 2.37 bits per heavy atom. The SMILES string of the molecule is CC(=O)N(Cc1cc(NC(=O)c2ccco2)ccc1N(C)C)[C@H](C)c1ccccc1. The molecule has 2 amide bonds. The van der Waals surface area contributed by atoms with E-state index in [4.69, 9.17) is 4.42 Å². The average molecular weight is 405 g/mol. The standard InChI is InChI=1S/C24H27N3O3/c1-17(19-9-6-5-7-10-19)27(18(2)28)16-20-15-21(12-13-22(20)26(3)4)25-24(29)23-11-8-14-30-23/h5-15,17H,16H2,1-4H3,(H,25,29)/t17-/m1/s1. The molecule has 3 aromatic rings. The van der Waals surface area contributed by atoms with Gasteiger partial charge in [-0.05, 0) is 48.4 Å². The number of carbonyl (C=O) groups excluding carboxylic acids is 2. The Kier molecular flexibility index (Phi) is 6.57. The lowest BCUT2D eigenvalue weighted by Crippen LogP contribution is -2.31. The van der Waals surface area contributed by atoms with Crippen molar-refractivity contribution in [3.63, 3.8) is 0 Å². The molecule has 0 unspecified atom stereocenters. The van der Waals surface area contributed by atoms with Gasteiger partial charge in [0.2, 0.25) is 5.91 Å². The molecule has 30 heavy (non-hydrogen) atoms. The van der Waals surface area contributed by atoms with Crippen molar-refractivity contribution in [1.29, 1.82) is 0 Å². The minimum atomic E-state index is -0.315. The summed E-state index contributed by atoms with van der Waals surface area (Å²) < 4.78 is 5.16. The van der Waals surface area contributed by atoms with Crippen LogP contribution in [0.25, 0.3) is 0 Å². The largest absolute Gasteiger partial charge is 0.459 e. The number of benzene rings is 2. The zero-order valence-corrected chi connectivity index (χ0v) is 17.8. The van der Waals surface area contributed by atoms with Gasteiger partial charge in [-0.25, -0.2) is 0 Å². The first-order valence-corrected chi connectivity index (χ1v) is 9.84. The summed E-state index contributed by atoms with van der Waals surface area (Å²) in [6.45, 7) is 4.02. The summed E-state index contributed by atoms with van der Waals surface area (Å²) in [5.41, 5.74) is 3.64. The summed E-state index contributed by atoms with van der Waals surface area (Å²) in [6, 6.07) is 18.8. The molecule has 1 heterocycles. The molecule has 0 aliphatic heterocycles. The van der Waals surface area contributed by atoms with Gasteiger partial charge in [0.1, 0.15) is 0 Å². The van der Waals surface area contributed by atoms with Crippen molar-refractivity contribution < 1.29 is 14.0 Å². The van der Waals surface area contributed by atoms with Crippen molar-refractivity contribution in [3.05, 3.63) is 83.8 Å². The van der Waals surface area contributed by atoms with Crippen LogP contribution in [0.2, 0.25) is 0 Å². The quantitative estimate of drug-likeness (QED) is 0.618. The van der Waals surface area contributed by atoms with E-state index in [2.05, 4.69) is 5.32 Å². The van der Waals surface area contributed by atoms with Gasteiger partial charge in [-0.1, -0.05) is 30.3 Å². The Morgan fingerprint density at radius 2 is 1.77 bits per heavy atom. The molecule has 0 radical (unpaired) electrons. The molecule has 1 aromatic heterocycles. The molecule has 6 heteroatoms. The summed E-state index contributed by atoms with van der Waals surface area (Å²) >= 11 is 0. The Morgan fingerprint density at radius 1 is 1.03 bits per heavy atom. The number of anilines is 2. The highest BCUT2D eigenvalue weighted by Gasteiger charge is 2.21. The molecule has 0 fully saturated rings. The molecule has 0 spiro atoms. The number of hydrogen-bond donors (Lipinski definition) is 1. The minimum Gasteiger partial charge on any atom is -0.459 e. The second kappa shape index (κ2) is 9.31. The van der Waals surface area contributed by atoms with Crippen molar-refractivity contribution in [2.75, 3.05) is 24.3 Å². The predicted molar refractivity (Wildman–Crippen MR) is 119 cm³/mol. The summed E-state index contributed by atoms with van der Waals surface area (Å²) in [4.78, 5) is 28.7. The molecule has 1 N–H and O–H groups in total. The Hall–Kier alpha value is -3.54. The number of furan rings is 1. The lowest BCUT2D eigenvalue weighted by atomic mass is 10.0. The van der Waals surface area contributed by atoms with Gasteiger partial charge in [0.15, 0.2) is 5.76 Å². The smallest absolute Gasteiger partial charge is 0.291 e. The maximum Gasteiger partial charge on any atom is 0.291 e. The summed E-state index contributed by atoms with van der Waals surface area (Å²) in [6.07, 6.45) is 1.46. The monoisotopic (exact) mass is 405 g/mol. The van der Waals surface area contributed by atoms with Crippen LogP contribution >= 0.6 is 0 Å². The van der Waals surface area contributed by atoms with E-state index in [1.807, 2.05) is 79.3 Å². The van der Waals surface area contributed by atoms with Gasteiger partial charge in [-0.2, -0.15) is 0 Å². The maximum absolute atomic E-state index is 12.5. The number of nitrogens with zero attached hydrogens (tertiary/aromatic N) is 2. The highest BCUT2D eigenvalue weighted by atomic mass is 16.3. The molecular formula is C24H27N3O3. The normalized spacial score (nSPS) is 11.6. The molecule has 6 nitrogen and oxygen atoms in total. The second-order valence-corrected chi connectivity index (χ2v) is 7.40. The van der Waals surface area contributed by atoms with E-state index in [1.54, 1.807) is 19.1 Å². The van der Waals surface area contributed by atoms with Crippen LogP contribution in [0.1, 0.15) is 41.6 Å². The first kappa shape index (κ1) is 21.2. The number of rotatable bonds is 7. The fraction of sp³-hybridized carbons (Fsp3) is 0.250. The third-order valence-electron chi connectivity index (χ3n) is 5.06. The van der Waals surface area contributed by atoms with Gasteiger partial charge in [0, 0.05) is 38.9 Å². The molecule has 0 bridgehead atoms. The van der Waals surface area contributed by atoms with Crippen molar-refractivity contribution in [2.24, 2.45) is 0 Å². The van der Waals surface area contributed by atoms with E-state index in [0.29, 0.717) is 12.2 Å². The fourth-order valence-corrected chi connectivity index (χ4v) is 3.44. The van der Waals surface area contributed by atoms with E-state index in [9.17, 15) is 9.59 Å². The minimum absolute atomic E-state index is 0.0129. The van der Waals surface area contributed by atoms with Gasteiger partial charge in [-0.15, -0.1) is 0 Å². The summed E-state index contributed by atoms with van der Waals surface area (Å²) in [5, 5.41) is 2.86. The second-order valence-electron chi connectivity index (χ2n) is 7.40. The predicted octanol–water partition coefficient (Wildman–Crippen LogP) is 4.71. The van der Waals surface area contributed by atoms with Crippen LogP contribution in [0.15, 0.2) is 71.3 Å². The molecule has 3 rings (SSSR count). The van der Waals surface area contributed by atoms with Crippen LogP contribution in [0.5, 0.6) is 0 Å². The van der Waals surface area contributed by atoms with E-state index in [1.165, 1.54) is 6.26 Å². The van der Waals surface area contributed by atoms with Crippen molar-refractivity contribution in [3.8, 4) is 0 Å². The van der Waals surface area contributed by atoms with E-state index < -0.39 is 0 Å². The average Bonchev–Trinajstić information content (AvgIpc) is 3.27. The van der Waals surface area contributed by atoms with Crippen LogP contribution < -0.4 is 10.2 Å². The third-order valence-corrected chi connectivity index (χ3v) is 5.06. The van der Waals surface area contributed by atoms with Crippen LogP contribution in [0.4, 0.5) is 11.4 Å². The van der Waals surface area contributed by atoms with Crippen molar-refractivity contribution in [2.45, 2.75) is 26.4 Å². The van der Waals surface area contributed by atoms with Gasteiger partial charge in [0.05, 0.1) is 12.3 Å².